The van der Waals surface area contributed by atoms with Gasteiger partial charge in [0.15, 0.2) is 0 Å². The van der Waals surface area contributed by atoms with Crippen LogP contribution in [0.5, 0.6) is 0 Å². The van der Waals surface area contributed by atoms with E-state index in [1.165, 1.54) is 54.9 Å². The third-order valence-electron chi connectivity index (χ3n) is 9.73. The molecule has 0 aromatic heterocycles. The van der Waals surface area contributed by atoms with Crippen LogP contribution in [-0.4, -0.2) is 0 Å². The molecule has 0 fully saturated rings. The number of anilines is 3. The Bertz CT molecular complexity index is 2270. The normalized spacial score (nSPS) is 11.5. The van der Waals surface area contributed by atoms with Crippen molar-refractivity contribution in [3.8, 4) is 22.3 Å². The van der Waals surface area contributed by atoms with Crippen LogP contribution in [0.15, 0.2) is 188 Å². The Morgan fingerprint density at radius 2 is 0.875 bits per heavy atom. The Balaban J connectivity index is 1.23. The van der Waals surface area contributed by atoms with E-state index in [9.17, 15) is 0 Å². The van der Waals surface area contributed by atoms with E-state index >= 15 is 0 Å². The first-order valence-electron chi connectivity index (χ1n) is 16.7. The number of fused-ring (bicyclic) bond motifs is 3. The molecule has 0 spiro atoms. The molecule has 8 rings (SSSR count). The van der Waals surface area contributed by atoms with Crippen molar-refractivity contribution in [2.45, 2.75) is 19.3 Å². The Morgan fingerprint density at radius 3 is 1.50 bits per heavy atom. The molecule has 0 heterocycles. The summed E-state index contributed by atoms with van der Waals surface area (Å²) < 4.78 is 0. The van der Waals surface area contributed by atoms with Gasteiger partial charge in [-0.05, 0) is 91.3 Å². The van der Waals surface area contributed by atoms with Gasteiger partial charge in [0.05, 0.1) is 0 Å². The van der Waals surface area contributed by atoms with Crippen molar-refractivity contribution in [1.82, 2.24) is 0 Å². The first kappa shape index (κ1) is 29.5. The summed E-state index contributed by atoms with van der Waals surface area (Å²) in [7, 11) is 0. The van der Waals surface area contributed by atoms with Crippen LogP contribution in [0.2, 0.25) is 0 Å². The molecule has 0 saturated heterocycles. The third kappa shape index (κ3) is 5.44. The number of nitrogens with zero attached hydrogens (tertiary/aromatic N) is 1. The fourth-order valence-corrected chi connectivity index (χ4v) is 7.13. The summed E-state index contributed by atoms with van der Waals surface area (Å²) in [5.74, 6) is 0. The van der Waals surface area contributed by atoms with E-state index in [1.54, 1.807) is 0 Å². The Morgan fingerprint density at radius 1 is 0.354 bits per heavy atom. The highest BCUT2D eigenvalue weighted by Crippen LogP contribution is 2.42. The van der Waals surface area contributed by atoms with Crippen molar-refractivity contribution >= 4 is 38.6 Å². The predicted molar refractivity (Wildman–Crippen MR) is 206 cm³/mol. The molecule has 0 amide bonds. The second-order valence-corrected chi connectivity index (χ2v) is 13.0. The minimum Gasteiger partial charge on any atom is -0.310 e. The Labute approximate surface area is 283 Å². The van der Waals surface area contributed by atoms with Crippen LogP contribution < -0.4 is 4.90 Å². The number of hydrogen-bond acceptors (Lipinski definition) is 1. The first-order chi connectivity index (χ1) is 23.6. The molecule has 0 aliphatic carbocycles. The maximum atomic E-state index is 2.37. The van der Waals surface area contributed by atoms with Gasteiger partial charge in [0.2, 0.25) is 0 Å². The van der Waals surface area contributed by atoms with Crippen molar-refractivity contribution in [3.05, 3.63) is 199 Å². The molecule has 230 valence electrons. The third-order valence-corrected chi connectivity index (χ3v) is 9.73. The lowest BCUT2D eigenvalue weighted by Gasteiger charge is -2.30. The zero-order valence-electron chi connectivity index (χ0n) is 27.3. The Hall–Kier alpha value is -5.92. The van der Waals surface area contributed by atoms with Crippen molar-refractivity contribution < 1.29 is 0 Å². The second-order valence-electron chi connectivity index (χ2n) is 13.0. The zero-order valence-corrected chi connectivity index (χ0v) is 27.3. The molecule has 0 radical (unpaired) electrons. The topological polar surface area (TPSA) is 3.24 Å². The van der Waals surface area contributed by atoms with E-state index in [1.807, 2.05) is 0 Å². The highest BCUT2D eigenvalue weighted by atomic mass is 15.1. The molecule has 8 aromatic carbocycles. The molecule has 8 aromatic rings. The van der Waals surface area contributed by atoms with Gasteiger partial charge in [-0.15, -0.1) is 0 Å². The summed E-state index contributed by atoms with van der Waals surface area (Å²) in [6.45, 7) is 4.69. The fraction of sp³-hybridized carbons (Fsp3) is 0.0638. The van der Waals surface area contributed by atoms with Crippen LogP contribution in [0, 0.1) is 0 Å². The van der Waals surface area contributed by atoms with Gasteiger partial charge in [0, 0.05) is 22.5 Å². The summed E-state index contributed by atoms with van der Waals surface area (Å²) in [5, 5.41) is 5.19. The average molecular weight is 616 g/mol. The highest BCUT2D eigenvalue weighted by Gasteiger charge is 2.26. The molecule has 0 bridgehead atoms. The molecule has 0 aliphatic rings. The summed E-state index contributed by atoms with van der Waals surface area (Å²) in [5.41, 5.74) is 10.6. The molecular formula is C47H37N. The number of hydrogen-bond donors (Lipinski definition) is 0. The number of benzene rings is 8. The summed E-state index contributed by atoms with van der Waals surface area (Å²) in [4.78, 5) is 2.37. The van der Waals surface area contributed by atoms with Gasteiger partial charge in [-0.3, -0.25) is 0 Å². The van der Waals surface area contributed by atoms with Crippen LogP contribution in [0.25, 0.3) is 43.8 Å². The second kappa shape index (κ2) is 12.4. The quantitative estimate of drug-likeness (QED) is 0.161. The molecule has 0 aliphatic heterocycles. The van der Waals surface area contributed by atoms with E-state index in [4.69, 9.17) is 0 Å². The minimum absolute atomic E-state index is 0.203. The van der Waals surface area contributed by atoms with Crippen molar-refractivity contribution in [3.63, 3.8) is 0 Å². The Kier molecular flexibility index (Phi) is 7.59. The summed E-state index contributed by atoms with van der Waals surface area (Å²) in [6, 6.07) is 68.1. The minimum atomic E-state index is -0.203. The van der Waals surface area contributed by atoms with E-state index in [-0.39, 0.29) is 5.41 Å². The maximum Gasteiger partial charge on any atom is 0.0467 e. The molecule has 0 N–H and O–H groups in total. The molecule has 1 nitrogen and oxygen atoms in total. The van der Waals surface area contributed by atoms with E-state index in [0.717, 1.165) is 17.1 Å². The van der Waals surface area contributed by atoms with Gasteiger partial charge in [-0.1, -0.05) is 166 Å². The standard InChI is InChI=1S/C47H37N/c1-47(2,46-25-13-24-44-43-23-10-9-18-36(43)26-31-45(44)46)39-27-29-40(30-28-39)48(41-21-11-19-37(32-41)34-14-5-3-6-15-34)42-22-12-20-38(33-42)35-16-7-4-8-17-35/h3-33H,1-2H3. The molecular weight excluding hydrogens is 579 g/mol. The lowest BCUT2D eigenvalue weighted by Crippen LogP contribution is -2.19. The smallest absolute Gasteiger partial charge is 0.0467 e. The molecule has 0 atom stereocenters. The lowest BCUT2D eigenvalue weighted by atomic mass is 9.76. The number of rotatable bonds is 7. The van der Waals surface area contributed by atoms with E-state index in [0.29, 0.717) is 0 Å². The average Bonchev–Trinajstić information content (AvgIpc) is 3.16. The molecule has 1 heteroatoms. The zero-order chi connectivity index (χ0) is 32.5. The van der Waals surface area contributed by atoms with Gasteiger partial charge in [-0.2, -0.15) is 0 Å². The predicted octanol–water partition coefficient (Wildman–Crippen LogP) is 13.1. The summed E-state index contributed by atoms with van der Waals surface area (Å²) in [6.07, 6.45) is 0. The van der Waals surface area contributed by atoms with Crippen molar-refractivity contribution in [2.24, 2.45) is 0 Å². The largest absolute Gasteiger partial charge is 0.310 e. The van der Waals surface area contributed by atoms with Crippen molar-refractivity contribution in [2.75, 3.05) is 4.90 Å². The highest BCUT2D eigenvalue weighted by molar-refractivity contribution is 6.08. The van der Waals surface area contributed by atoms with Gasteiger partial charge < -0.3 is 4.90 Å². The van der Waals surface area contributed by atoms with E-state index < -0.39 is 0 Å². The van der Waals surface area contributed by atoms with Crippen LogP contribution in [-0.2, 0) is 5.41 Å². The SMILES string of the molecule is CC(C)(c1ccc(N(c2cccc(-c3ccccc3)c2)c2cccc(-c3ccccc3)c2)cc1)c1cccc2c1ccc1ccccc12. The molecule has 0 unspecified atom stereocenters. The monoisotopic (exact) mass is 615 g/mol. The first-order valence-corrected chi connectivity index (χ1v) is 16.7. The molecule has 0 saturated carbocycles. The maximum absolute atomic E-state index is 2.37. The van der Waals surface area contributed by atoms with Crippen LogP contribution in [0.4, 0.5) is 17.1 Å². The van der Waals surface area contributed by atoms with Gasteiger partial charge in [-0.25, -0.2) is 0 Å². The summed E-state index contributed by atoms with van der Waals surface area (Å²) >= 11 is 0. The van der Waals surface area contributed by atoms with Crippen LogP contribution in [0.3, 0.4) is 0 Å². The molecule has 48 heavy (non-hydrogen) atoms. The van der Waals surface area contributed by atoms with Gasteiger partial charge in [0.1, 0.15) is 0 Å². The van der Waals surface area contributed by atoms with Crippen LogP contribution in [0.1, 0.15) is 25.0 Å². The van der Waals surface area contributed by atoms with Gasteiger partial charge >= 0.3 is 0 Å². The van der Waals surface area contributed by atoms with Gasteiger partial charge in [0.25, 0.3) is 0 Å². The van der Waals surface area contributed by atoms with E-state index in [2.05, 4.69) is 207 Å². The lowest BCUT2D eigenvalue weighted by molar-refractivity contribution is 0.647. The van der Waals surface area contributed by atoms with Crippen LogP contribution >= 0.6 is 0 Å². The van der Waals surface area contributed by atoms with Crippen molar-refractivity contribution in [1.29, 1.82) is 0 Å². The fourth-order valence-electron chi connectivity index (χ4n) is 7.13.